The summed E-state index contributed by atoms with van der Waals surface area (Å²) < 4.78 is 17.1. The zero-order valence-electron chi connectivity index (χ0n) is 17.0. The van der Waals surface area contributed by atoms with Gasteiger partial charge < -0.3 is 19.5 Å². The molecule has 8 heteroatoms. The van der Waals surface area contributed by atoms with Crippen LogP contribution < -0.4 is 25.1 Å². The first kappa shape index (κ1) is 20.9. The molecule has 0 radical (unpaired) electrons. The number of methoxy groups -OCH3 is 3. The Morgan fingerprint density at radius 1 is 0.933 bits per heavy atom. The SMILES string of the molecule is COc1cc(OC)c(OC)cc1CNC(=O)Cn1nc(-c2ccccc2)ccc1=O. The molecule has 0 unspecified atom stereocenters. The van der Waals surface area contributed by atoms with Crippen LogP contribution in [-0.4, -0.2) is 37.0 Å². The Labute approximate surface area is 174 Å². The lowest BCUT2D eigenvalue weighted by atomic mass is 10.1. The monoisotopic (exact) mass is 409 g/mol. The number of hydrogen-bond acceptors (Lipinski definition) is 6. The summed E-state index contributed by atoms with van der Waals surface area (Å²) in [6, 6.07) is 15.9. The second-order valence-electron chi connectivity index (χ2n) is 6.38. The van der Waals surface area contributed by atoms with E-state index in [4.69, 9.17) is 14.2 Å². The number of benzene rings is 2. The molecule has 30 heavy (non-hydrogen) atoms. The van der Waals surface area contributed by atoms with E-state index in [2.05, 4.69) is 10.4 Å². The van der Waals surface area contributed by atoms with Crippen LogP contribution >= 0.6 is 0 Å². The lowest BCUT2D eigenvalue weighted by Gasteiger charge is -2.14. The minimum atomic E-state index is -0.355. The summed E-state index contributed by atoms with van der Waals surface area (Å²) >= 11 is 0. The molecule has 0 saturated carbocycles. The molecule has 0 bridgehead atoms. The van der Waals surface area contributed by atoms with E-state index in [1.807, 2.05) is 30.3 Å². The Balaban J connectivity index is 1.73. The Kier molecular flexibility index (Phi) is 6.69. The molecular formula is C22H23N3O5. The predicted molar refractivity (Wildman–Crippen MR) is 112 cm³/mol. The number of carbonyl (C=O) groups is 1. The third-order valence-electron chi connectivity index (χ3n) is 4.49. The number of nitrogens with one attached hydrogen (secondary N) is 1. The third kappa shape index (κ3) is 4.78. The minimum absolute atomic E-state index is 0.190. The van der Waals surface area contributed by atoms with Gasteiger partial charge in [0.2, 0.25) is 5.91 Å². The fraction of sp³-hybridized carbons (Fsp3) is 0.227. The van der Waals surface area contributed by atoms with Crippen molar-refractivity contribution in [3.05, 3.63) is 70.5 Å². The number of amides is 1. The number of hydrogen-bond donors (Lipinski definition) is 1. The molecule has 0 spiro atoms. The summed E-state index contributed by atoms with van der Waals surface area (Å²) in [6.45, 7) is -0.00933. The van der Waals surface area contributed by atoms with Crippen molar-refractivity contribution in [1.82, 2.24) is 15.1 Å². The summed E-state index contributed by atoms with van der Waals surface area (Å²) in [5.74, 6) is 1.25. The fourth-order valence-corrected chi connectivity index (χ4v) is 2.94. The number of ether oxygens (including phenoxy) is 3. The highest BCUT2D eigenvalue weighted by Gasteiger charge is 2.13. The lowest BCUT2D eigenvalue weighted by molar-refractivity contribution is -0.122. The smallest absolute Gasteiger partial charge is 0.267 e. The standard InChI is InChI=1S/C22H23N3O5/c1-28-18-12-20(30-3)19(29-2)11-16(18)13-23-21(26)14-25-22(27)10-9-17(24-25)15-7-5-4-6-8-15/h4-12H,13-14H2,1-3H3,(H,23,26). The maximum absolute atomic E-state index is 12.5. The summed E-state index contributed by atoms with van der Waals surface area (Å²) in [6.07, 6.45) is 0. The number of rotatable bonds is 8. The molecule has 1 aromatic heterocycles. The van der Waals surface area contributed by atoms with Crippen LogP contribution in [0.4, 0.5) is 0 Å². The van der Waals surface area contributed by atoms with Crippen molar-refractivity contribution in [2.75, 3.05) is 21.3 Å². The van der Waals surface area contributed by atoms with Gasteiger partial charge in [-0.15, -0.1) is 0 Å². The highest BCUT2D eigenvalue weighted by molar-refractivity contribution is 5.75. The van der Waals surface area contributed by atoms with Gasteiger partial charge in [-0.3, -0.25) is 9.59 Å². The summed E-state index contributed by atoms with van der Waals surface area (Å²) in [5, 5.41) is 7.09. The Hall–Kier alpha value is -3.81. The van der Waals surface area contributed by atoms with Crippen LogP contribution in [0.15, 0.2) is 59.4 Å². The number of carbonyl (C=O) groups excluding carboxylic acids is 1. The molecule has 2 aromatic carbocycles. The van der Waals surface area contributed by atoms with E-state index >= 15 is 0 Å². The van der Waals surface area contributed by atoms with E-state index in [1.54, 1.807) is 18.2 Å². The second-order valence-corrected chi connectivity index (χ2v) is 6.38. The summed E-state index contributed by atoms with van der Waals surface area (Å²) in [5.41, 5.74) is 1.83. The first-order valence-corrected chi connectivity index (χ1v) is 9.25. The van der Waals surface area contributed by atoms with Crippen LogP contribution in [0.5, 0.6) is 17.2 Å². The molecule has 0 aliphatic carbocycles. The summed E-state index contributed by atoms with van der Waals surface area (Å²) in [7, 11) is 4.60. The highest BCUT2D eigenvalue weighted by Crippen LogP contribution is 2.34. The minimum Gasteiger partial charge on any atom is -0.496 e. The maximum atomic E-state index is 12.5. The molecule has 1 amide bonds. The van der Waals surface area contributed by atoms with Crippen molar-refractivity contribution in [1.29, 1.82) is 0 Å². The van der Waals surface area contributed by atoms with Crippen molar-refractivity contribution in [2.45, 2.75) is 13.1 Å². The van der Waals surface area contributed by atoms with Crippen molar-refractivity contribution < 1.29 is 19.0 Å². The van der Waals surface area contributed by atoms with Gasteiger partial charge >= 0.3 is 0 Å². The van der Waals surface area contributed by atoms with Crippen LogP contribution in [0.1, 0.15) is 5.56 Å². The average Bonchev–Trinajstić information content (AvgIpc) is 2.79. The molecule has 0 saturated heterocycles. The zero-order chi connectivity index (χ0) is 21.5. The normalized spacial score (nSPS) is 10.4. The van der Waals surface area contributed by atoms with E-state index in [0.29, 0.717) is 28.5 Å². The number of aromatic nitrogens is 2. The van der Waals surface area contributed by atoms with Gasteiger partial charge in [0.25, 0.3) is 5.56 Å². The Morgan fingerprint density at radius 3 is 2.27 bits per heavy atom. The molecule has 0 aliphatic rings. The first-order chi connectivity index (χ1) is 14.5. The molecule has 0 fully saturated rings. The second kappa shape index (κ2) is 9.60. The van der Waals surface area contributed by atoms with Gasteiger partial charge in [0.1, 0.15) is 12.3 Å². The van der Waals surface area contributed by atoms with E-state index in [-0.39, 0.29) is 24.6 Å². The molecular weight excluding hydrogens is 386 g/mol. The van der Waals surface area contributed by atoms with Gasteiger partial charge in [-0.2, -0.15) is 5.10 Å². The average molecular weight is 409 g/mol. The van der Waals surface area contributed by atoms with E-state index in [9.17, 15) is 9.59 Å². The zero-order valence-corrected chi connectivity index (χ0v) is 17.0. The quantitative estimate of drug-likeness (QED) is 0.614. The van der Waals surface area contributed by atoms with E-state index in [1.165, 1.54) is 27.4 Å². The molecule has 3 rings (SSSR count). The van der Waals surface area contributed by atoms with E-state index in [0.717, 1.165) is 10.2 Å². The molecule has 1 heterocycles. The molecule has 0 aliphatic heterocycles. The predicted octanol–water partition coefficient (Wildman–Crippen LogP) is 2.25. The highest BCUT2D eigenvalue weighted by atomic mass is 16.5. The van der Waals surface area contributed by atoms with Crippen LogP contribution in [0.25, 0.3) is 11.3 Å². The number of nitrogens with zero attached hydrogens (tertiary/aromatic N) is 2. The maximum Gasteiger partial charge on any atom is 0.267 e. The lowest BCUT2D eigenvalue weighted by Crippen LogP contribution is -2.33. The molecule has 8 nitrogen and oxygen atoms in total. The molecule has 0 atom stereocenters. The van der Waals surface area contributed by atoms with Crippen molar-refractivity contribution in [3.63, 3.8) is 0 Å². The van der Waals surface area contributed by atoms with Crippen LogP contribution in [0.3, 0.4) is 0 Å². The van der Waals surface area contributed by atoms with Crippen molar-refractivity contribution in [2.24, 2.45) is 0 Å². The van der Waals surface area contributed by atoms with Gasteiger partial charge in [-0.05, 0) is 12.1 Å². The van der Waals surface area contributed by atoms with Gasteiger partial charge in [0, 0.05) is 29.8 Å². The van der Waals surface area contributed by atoms with Crippen LogP contribution in [-0.2, 0) is 17.9 Å². The summed E-state index contributed by atoms with van der Waals surface area (Å²) in [4.78, 5) is 24.6. The molecule has 3 aromatic rings. The third-order valence-corrected chi connectivity index (χ3v) is 4.49. The van der Waals surface area contributed by atoms with Crippen LogP contribution in [0.2, 0.25) is 0 Å². The Bertz CT molecular complexity index is 1080. The van der Waals surface area contributed by atoms with E-state index < -0.39 is 0 Å². The van der Waals surface area contributed by atoms with Crippen LogP contribution in [0, 0.1) is 0 Å². The largest absolute Gasteiger partial charge is 0.496 e. The molecule has 156 valence electrons. The van der Waals surface area contributed by atoms with Gasteiger partial charge in [0.05, 0.1) is 27.0 Å². The van der Waals surface area contributed by atoms with Gasteiger partial charge in [-0.25, -0.2) is 4.68 Å². The van der Waals surface area contributed by atoms with Gasteiger partial charge in [-0.1, -0.05) is 30.3 Å². The van der Waals surface area contributed by atoms with Crippen molar-refractivity contribution in [3.8, 4) is 28.5 Å². The Morgan fingerprint density at radius 2 is 1.60 bits per heavy atom. The fourth-order valence-electron chi connectivity index (χ4n) is 2.94. The van der Waals surface area contributed by atoms with Crippen molar-refractivity contribution >= 4 is 5.91 Å². The molecule has 1 N–H and O–H groups in total. The topological polar surface area (TPSA) is 91.7 Å². The first-order valence-electron chi connectivity index (χ1n) is 9.25. The van der Waals surface area contributed by atoms with Gasteiger partial charge in [0.15, 0.2) is 11.5 Å².